The van der Waals surface area contributed by atoms with Gasteiger partial charge in [-0.2, -0.15) is 0 Å². The van der Waals surface area contributed by atoms with Crippen LogP contribution in [0.2, 0.25) is 0 Å². The molecule has 0 atom stereocenters. The second-order valence-corrected chi connectivity index (χ2v) is 9.34. The molecule has 0 aromatic carbocycles. The number of halogens is 2. The summed E-state index contributed by atoms with van der Waals surface area (Å²) in [5.41, 5.74) is 7.26. The summed E-state index contributed by atoms with van der Waals surface area (Å²) in [4.78, 5) is 0. The molecule has 2 aromatic rings. The lowest BCUT2D eigenvalue weighted by Gasteiger charge is -1.94. The minimum atomic E-state index is 0. The Hall–Kier alpha value is -3.08. The van der Waals surface area contributed by atoms with Crippen LogP contribution < -0.4 is 43.1 Å². The van der Waals surface area contributed by atoms with E-state index < -0.39 is 0 Å². The van der Waals surface area contributed by atoms with E-state index in [4.69, 9.17) is 0 Å². The predicted octanol–water partition coefficient (Wildman–Crippen LogP) is 2.49. The van der Waals surface area contributed by atoms with Crippen molar-refractivity contribution < 1.29 is 43.1 Å². The van der Waals surface area contributed by atoms with Crippen molar-refractivity contribution in [2.24, 2.45) is 0 Å². The number of hydrogen-bond acceptors (Lipinski definition) is 0. The number of pyridine rings is 2. The monoisotopic (exact) mass is 662 g/mol. The van der Waals surface area contributed by atoms with Gasteiger partial charge in [0.05, 0.1) is 0 Å². The van der Waals surface area contributed by atoms with Gasteiger partial charge in [-0.25, -0.2) is 9.13 Å². The largest absolute Gasteiger partial charge is 1.00 e. The quantitative estimate of drug-likeness (QED) is 0.244. The molecule has 4 heteroatoms. The van der Waals surface area contributed by atoms with Gasteiger partial charge in [-0.15, -0.1) is 0 Å². The smallest absolute Gasteiger partial charge is 0.169 e. The Morgan fingerprint density at radius 2 is 0.800 bits per heavy atom. The molecule has 0 aliphatic carbocycles. The molecule has 0 saturated carbocycles. The van der Waals surface area contributed by atoms with Gasteiger partial charge in [0.25, 0.3) is 0 Å². The van der Waals surface area contributed by atoms with Gasteiger partial charge < -0.3 is 34.0 Å². The maximum absolute atomic E-state index is 2.16. The van der Waals surface area contributed by atoms with E-state index in [2.05, 4.69) is 185 Å². The highest BCUT2D eigenvalue weighted by molar-refractivity contribution is 5.52. The zero-order valence-corrected chi connectivity index (χ0v) is 27.9. The molecule has 2 rings (SSSR count). The Bertz CT molecular complexity index is 1180. The topological polar surface area (TPSA) is 7.76 Å². The van der Waals surface area contributed by atoms with Crippen molar-refractivity contribution in [2.75, 3.05) is 0 Å². The molecular weight excluding hydrogens is 620 g/mol. The molecule has 2 aromatic heterocycles. The Balaban J connectivity index is 0.00000760. The van der Waals surface area contributed by atoms with Crippen LogP contribution in [0.5, 0.6) is 0 Å². The number of allylic oxidation sites excluding steroid dienone is 16. The lowest BCUT2D eigenvalue weighted by atomic mass is 10.1. The Morgan fingerprint density at radius 3 is 1.12 bits per heavy atom. The average Bonchev–Trinajstić information content (AvgIpc) is 2.93. The third kappa shape index (κ3) is 16.1. The molecule has 0 fully saturated rings. The molecule has 40 heavy (non-hydrogen) atoms. The summed E-state index contributed by atoms with van der Waals surface area (Å²) >= 11 is 0. The van der Waals surface area contributed by atoms with Crippen LogP contribution in [0.1, 0.15) is 52.7 Å². The predicted molar refractivity (Wildman–Crippen MR) is 165 cm³/mol. The molecule has 0 bridgehead atoms. The highest BCUT2D eigenvalue weighted by Gasteiger charge is 1.95. The van der Waals surface area contributed by atoms with Crippen LogP contribution in [0.25, 0.3) is 12.2 Å². The van der Waals surface area contributed by atoms with Crippen LogP contribution in [-0.2, 0) is 13.1 Å². The van der Waals surface area contributed by atoms with Crippen molar-refractivity contribution in [3.05, 3.63) is 155 Å². The summed E-state index contributed by atoms with van der Waals surface area (Å²) < 4.78 is 4.32. The van der Waals surface area contributed by atoms with Crippen molar-refractivity contribution in [1.29, 1.82) is 0 Å². The van der Waals surface area contributed by atoms with Crippen molar-refractivity contribution in [2.45, 2.75) is 54.6 Å². The molecule has 0 unspecified atom stereocenters. The van der Waals surface area contributed by atoms with Gasteiger partial charge in [0, 0.05) is 24.3 Å². The number of rotatable bonds is 12. The van der Waals surface area contributed by atoms with Gasteiger partial charge >= 0.3 is 0 Å². The van der Waals surface area contributed by atoms with Gasteiger partial charge in [0.1, 0.15) is 13.1 Å². The van der Waals surface area contributed by atoms with Gasteiger partial charge in [0.2, 0.25) is 0 Å². The van der Waals surface area contributed by atoms with E-state index in [1.165, 1.54) is 33.4 Å². The van der Waals surface area contributed by atoms with Crippen molar-refractivity contribution in [1.82, 2.24) is 0 Å². The normalized spacial score (nSPS) is 13.7. The maximum Gasteiger partial charge on any atom is 0.169 e. The molecule has 0 spiro atoms. The molecule has 212 valence electrons. The maximum atomic E-state index is 2.16. The van der Waals surface area contributed by atoms with Crippen molar-refractivity contribution >= 4 is 12.2 Å². The van der Waals surface area contributed by atoms with E-state index in [-0.39, 0.29) is 34.0 Å². The SMILES string of the molecule is CC[n+]1ccc(\C=C/C(C)=C/C=C/C(C)=C/C=C/C=C(C)/C=C/C=C(C)/C=C\c2cc[n+](CC)cc2)cc1.[Br-].[Br-]. The van der Waals surface area contributed by atoms with E-state index in [0.29, 0.717) is 0 Å². The molecule has 0 radical (unpaired) electrons. The number of aromatic nitrogens is 2. The van der Waals surface area contributed by atoms with Crippen molar-refractivity contribution in [3.8, 4) is 0 Å². The lowest BCUT2D eigenvalue weighted by Crippen LogP contribution is -3.00. The average molecular weight is 665 g/mol. The molecule has 0 saturated heterocycles. The molecule has 0 N–H and O–H groups in total. The second-order valence-electron chi connectivity index (χ2n) is 9.34. The number of hydrogen-bond donors (Lipinski definition) is 0. The van der Waals surface area contributed by atoms with E-state index >= 15 is 0 Å². The van der Waals surface area contributed by atoms with Crippen molar-refractivity contribution in [3.63, 3.8) is 0 Å². The Morgan fingerprint density at radius 1 is 0.500 bits per heavy atom. The molecule has 0 amide bonds. The summed E-state index contributed by atoms with van der Waals surface area (Å²) in [6, 6.07) is 8.55. The van der Waals surface area contributed by atoms with Crippen LogP contribution in [0, 0.1) is 0 Å². The van der Waals surface area contributed by atoms with Crippen LogP contribution in [0.15, 0.2) is 144 Å². The third-order valence-corrected chi connectivity index (χ3v) is 5.91. The third-order valence-electron chi connectivity index (χ3n) is 5.91. The molecule has 2 heterocycles. The first-order valence-electron chi connectivity index (χ1n) is 13.5. The standard InChI is InChI=1S/C36H44N2.2BrH/c1-7-37-27-23-35(24-28-37)21-19-33(5)17-11-15-31(3)13-9-10-14-32(4)16-12-18-34(6)20-22-36-25-29-38(8-2)30-26-36;;/h9-30H,7-8H2,1-6H3;2*1H/q+2;;/p-2/b10-9+,15-11+,16-12+,21-19-,22-20-,31-13+,32-14+,33-17+,34-18+;;. The Labute approximate surface area is 264 Å². The lowest BCUT2D eigenvalue weighted by molar-refractivity contribution is -0.693. The zero-order valence-electron chi connectivity index (χ0n) is 24.8. The zero-order chi connectivity index (χ0) is 27.6. The minimum Gasteiger partial charge on any atom is -1.00 e. The first-order valence-corrected chi connectivity index (χ1v) is 13.5. The summed E-state index contributed by atoms with van der Waals surface area (Å²) in [7, 11) is 0. The van der Waals surface area contributed by atoms with Gasteiger partial charge in [-0.05, 0) is 52.7 Å². The summed E-state index contributed by atoms with van der Waals surface area (Å²) in [6.07, 6.45) is 38.1. The Kier molecular flexibility index (Phi) is 20.0. The fourth-order valence-corrected chi connectivity index (χ4v) is 3.38. The van der Waals surface area contributed by atoms with Crippen LogP contribution in [-0.4, -0.2) is 0 Å². The van der Waals surface area contributed by atoms with E-state index in [1.54, 1.807) is 0 Å². The molecular formula is C36H44Br2N2. The fraction of sp³-hybridized carbons (Fsp3) is 0.222. The first-order chi connectivity index (χ1) is 18.4. The number of aryl methyl sites for hydroxylation is 2. The van der Waals surface area contributed by atoms with E-state index in [1.807, 2.05) is 0 Å². The van der Waals surface area contributed by atoms with Gasteiger partial charge in [0.15, 0.2) is 24.8 Å². The second kappa shape index (κ2) is 21.7. The van der Waals surface area contributed by atoms with Crippen LogP contribution in [0.3, 0.4) is 0 Å². The first kappa shape index (κ1) is 36.9. The highest BCUT2D eigenvalue weighted by Crippen LogP contribution is 2.06. The summed E-state index contributed by atoms with van der Waals surface area (Å²) in [6.45, 7) is 14.7. The summed E-state index contributed by atoms with van der Waals surface area (Å²) in [5, 5.41) is 0. The minimum absolute atomic E-state index is 0. The fourth-order valence-electron chi connectivity index (χ4n) is 3.38. The summed E-state index contributed by atoms with van der Waals surface area (Å²) in [5.74, 6) is 0. The van der Waals surface area contributed by atoms with Gasteiger partial charge in [-0.1, -0.05) is 107 Å². The number of nitrogens with zero attached hydrogens (tertiary/aromatic N) is 2. The van der Waals surface area contributed by atoms with E-state index in [0.717, 1.165) is 13.1 Å². The highest BCUT2D eigenvalue weighted by atomic mass is 79.9. The molecule has 2 nitrogen and oxygen atoms in total. The molecule has 0 aliphatic rings. The van der Waals surface area contributed by atoms with Gasteiger partial charge in [-0.3, -0.25) is 0 Å². The molecule has 0 aliphatic heterocycles. The van der Waals surface area contributed by atoms with Crippen LogP contribution in [0.4, 0.5) is 0 Å². The van der Waals surface area contributed by atoms with Crippen LogP contribution >= 0.6 is 0 Å². The van der Waals surface area contributed by atoms with E-state index in [9.17, 15) is 0 Å².